The molecule has 0 radical (unpaired) electrons. The van der Waals surface area contributed by atoms with E-state index < -0.39 is 17.8 Å². The number of amides is 1. The molecule has 0 aromatic heterocycles. The number of halogens is 3. The molecule has 0 spiro atoms. The van der Waals surface area contributed by atoms with Crippen LogP contribution in [0.4, 0.5) is 13.2 Å². The average Bonchev–Trinajstić information content (AvgIpc) is 2.59. The maximum absolute atomic E-state index is 12.7. The summed E-state index contributed by atoms with van der Waals surface area (Å²) >= 11 is 0. The first-order valence-corrected chi connectivity index (χ1v) is 8.09. The van der Waals surface area contributed by atoms with Crippen LogP contribution in [0.5, 0.6) is 0 Å². The quantitative estimate of drug-likeness (QED) is 0.901. The lowest BCUT2D eigenvalue weighted by atomic mass is 9.94. The van der Waals surface area contributed by atoms with Gasteiger partial charge in [0.05, 0.1) is 11.6 Å². The number of nitrogens with two attached hydrogens (primary N) is 1. The highest BCUT2D eigenvalue weighted by Gasteiger charge is 2.30. The minimum Gasteiger partial charge on any atom is -0.337 e. The zero-order valence-electron chi connectivity index (χ0n) is 13.8. The molecule has 132 valence electrons. The molecule has 0 bridgehead atoms. The number of benzene rings is 2. The smallest absolute Gasteiger partial charge is 0.337 e. The van der Waals surface area contributed by atoms with Crippen molar-refractivity contribution in [2.45, 2.75) is 32.1 Å². The van der Waals surface area contributed by atoms with Crippen LogP contribution in [0.3, 0.4) is 0 Å². The van der Waals surface area contributed by atoms with Crippen molar-refractivity contribution in [3.63, 3.8) is 0 Å². The maximum Gasteiger partial charge on any atom is 0.416 e. The fourth-order valence-electron chi connectivity index (χ4n) is 3.06. The molecule has 3 rings (SSSR count). The summed E-state index contributed by atoms with van der Waals surface area (Å²) in [5, 5.41) is 0. The van der Waals surface area contributed by atoms with Gasteiger partial charge in [-0.2, -0.15) is 13.2 Å². The van der Waals surface area contributed by atoms with Crippen molar-refractivity contribution >= 4 is 5.91 Å². The summed E-state index contributed by atoms with van der Waals surface area (Å²) in [5.41, 5.74) is 8.73. The van der Waals surface area contributed by atoms with Gasteiger partial charge in [0.15, 0.2) is 0 Å². The van der Waals surface area contributed by atoms with Gasteiger partial charge in [-0.05, 0) is 53.8 Å². The van der Waals surface area contributed by atoms with Gasteiger partial charge in [0.2, 0.25) is 5.91 Å². The Morgan fingerprint density at radius 1 is 1.08 bits per heavy atom. The molecule has 2 aromatic rings. The van der Waals surface area contributed by atoms with Gasteiger partial charge >= 0.3 is 6.18 Å². The van der Waals surface area contributed by atoms with E-state index in [1.54, 1.807) is 11.8 Å². The first-order valence-electron chi connectivity index (χ1n) is 8.09. The molecule has 2 aromatic carbocycles. The van der Waals surface area contributed by atoms with Crippen LogP contribution in [0.1, 0.15) is 23.6 Å². The van der Waals surface area contributed by atoms with Crippen LogP contribution in [0.25, 0.3) is 11.1 Å². The largest absolute Gasteiger partial charge is 0.416 e. The van der Waals surface area contributed by atoms with Crippen molar-refractivity contribution in [3.05, 3.63) is 59.2 Å². The third kappa shape index (κ3) is 3.69. The zero-order valence-corrected chi connectivity index (χ0v) is 13.8. The molecule has 2 N–H and O–H groups in total. The number of hydrogen-bond acceptors (Lipinski definition) is 2. The fourth-order valence-corrected chi connectivity index (χ4v) is 3.06. The molecule has 1 atom stereocenters. The van der Waals surface area contributed by atoms with Crippen LogP contribution in [-0.4, -0.2) is 23.4 Å². The van der Waals surface area contributed by atoms with Gasteiger partial charge in [0.1, 0.15) is 0 Å². The number of carbonyl (C=O) groups excluding carboxylic acids is 1. The molecule has 3 nitrogen and oxygen atoms in total. The Kier molecular flexibility index (Phi) is 4.56. The monoisotopic (exact) mass is 348 g/mol. The Morgan fingerprint density at radius 2 is 1.72 bits per heavy atom. The van der Waals surface area contributed by atoms with Gasteiger partial charge in [0, 0.05) is 13.1 Å². The minimum absolute atomic E-state index is 0.0921. The molecule has 1 aliphatic rings. The fraction of sp³-hybridized carbons (Fsp3) is 0.316. The number of rotatable bonds is 2. The van der Waals surface area contributed by atoms with Crippen LogP contribution in [0.15, 0.2) is 42.5 Å². The van der Waals surface area contributed by atoms with E-state index in [1.165, 1.54) is 12.1 Å². The third-order valence-electron chi connectivity index (χ3n) is 4.47. The average molecular weight is 348 g/mol. The predicted octanol–water partition coefficient (Wildman–Crippen LogP) is 3.60. The van der Waals surface area contributed by atoms with E-state index in [-0.39, 0.29) is 5.91 Å². The van der Waals surface area contributed by atoms with Gasteiger partial charge < -0.3 is 10.6 Å². The second-order valence-electron chi connectivity index (χ2n) is 6.36. The highest BCUT2D eigenvalue weighted by molar-refractivity contribution is 5.81. The lowest BCUT2D eigenvalue weighted by molar-refractivity contribution is -0.137. The summed E-state index contributed by atoms with van der Waals surface area (Å²) in [4.78, 5) is 13.8. The Bertz CT molecular complexity index is 782. The van der Waals surface area contributed by atoms with Gasteiger partial charge in [-0.3, -0.25) is 4.79 Å². The molecule has 25 heavy (non-hydrogen) atoms. The molecule has 1 heterocycles. The lowest BCUT2D eigenvalue weighted by Crippen LogP contribution is -2.44. The topological polar surface area (TPSA) is 46.3 Å². The van der Waals surface area contributed by atoms with Crippen LogP contribution in [-0.2, 0) is 23.9 Å². The normalized spacial score (nSPS) is 15.6. The third-order valence-corrected chi connectivity index (χ3v) is 4.47. The van der Waals surface area contributed by atoms with Gasteiger partial charge in [-0.1, -0.05) is 24.3 Å². The van der Waals surface area contributed by atoms with E-state index in [0.717, 1.165) is 35.2 Å². The molecule has 6 heteroatoms. The van der Waals surface area contributed by atoms with E-state index in [0.29, 0.717) is 18.7 Å². The lowest BCUT2D eigenvalue weighted by Gasteiger charge is -2.30. The number of nitrogens with zero attached hydrogens (tertiary/aromatic N) is 1. The van der Waals surface area contributed by atoms with E-state index in [1.807, 2.05) is 18.2 Å². The summed E-state index contributed by atoms with van der Waals surface area (Å²) in [7, 11) is 0. The van der Waals surface area contributed by atoms with Gasteiger partial charge in [-0.25, -0.2) is 0 Å². The Labute approximate surface area is 144 Å². The van der Waals surface area contributed by atoms with E-state index in [4.69, 9.17) is 5.73 Å². The van der Waals surface area contributed by atoms with Crippen molar-refractivity contribution in [1.82, 2.24) is 4.90 Å². The van der Waals surface area contributed by atoms with Gasteiger partial charge in [0.25, 0.3) is 0 Å². The summed E-state index contributed by atoms with van der Waals surface area (Å²) < 4.78 is 38.0. The summed E-state index contributed by atoms with van der Waals surface area (Å²) in [6.07, 6.45) is -3.59. The maximum atomic E-state index is 12.7. The van der Waals surface area contributed by atoms with Crippen LogP contribution in [0.2, 0.25) is 0 Å². The van der Waals surface area contributed by atoms with Crippen LogP contribution < -0.4 is 5.73 Å². The van der Waals surface area contributed by atoms with E-state index in [2.05, 4.69) is 0 Å². The second-order valence-corrected chi connectivity index (χ2v) is 6.36. The van der Waals surface area contributed by atoms with Crippen molar-refractivity contribution in [2.24, 2.45) is 5.73 Å². The summed E-state index contributed by atoms with van der Waals surface area (Å²) in [6.45, 7) is 2.77. The molecule has 1 amide bonds. The molecular weight excluding hydrogens is 329 g/mol. The van der Waals surface area contributed by atoms with Gasteiger partial charge in [-0.15, -0.1) is 0 Å². The number of alkyl halides is 3. The summed E-state index contributed by atoms with van der Waals surface area (Å²) in [6, 6.07) is 10.4. The number of fused-ring (bicyclic) bond motifs is 1. The molecule has 0 fully saturated rings. The SMILES string of the molecule is C[C@@H](N)C(=O)N1CCc2ccc(-c3ccc(C(F)(F)F)cc3)cc2C1. The summed E-state index contributed by atoms with van der Waals surface area (Å²) in [5.74, 6) is -0.0921. The zero-order chi connectivity index (χ0) is 18.2. The van der Waals surface area contributed by atoms with Crippen LogP contribution >= 0.6 is 0 Å². The first kappa shape index (κ1) is 17.5. The van der Waals surface area contributed by atoms with E-state index >= 15 is 0 Å². The molecule has 0 aliphatic carbocycles. The first-order chi connectivity index (χ1) is 11.8. The molecular formula is C19H19F3N2O. The highest BCUT2D eigenvalue weighted by atomic mass is 19.4. The van der Waals surface area contributed by atoms with Crippen molar-refractivity contribution in [2.75, 3.05) is 6.54 Å². The Morgan fingerprint density at radius 3 is 2.32 bits per heavy atom. The molecule has 0 unspecified atom stereocenters. The van der Waals surface area contributed by atoms with Crippen molar-refractivity contribution in [3.8, 4) is 11.1 Å². The van der Waals surface area contributed by atoms with Crippen molar-refractivity contribution in [1.29, 1.82) is 0 Å². The Balaban J connectivity index is 1.86. The molecule has 1 aliphatic heterocycles. The second kappa shape index (κ2) is 6.52. The minimum atomic E-state index is -4.34. The molecule has 0 saturated heterocycles. The number of carbonyl (C=O) groups is 1. The van der Waals surface area contributed by atoms with E-state index in [9.17, 15) is 18.0 Å². The van der Waals surface area contributed by atoms with Crippen molar-refractivity contribution < 1.29 is 18.0 Å². The predicted molar refractivity (Wildman–Crippen MR) is 89.7 cm³/mol. The highest BCUT2D eigenvalue weighted by Crippen LogP contribution is 2.32. The Hall–Kier alpha value is -2.34. The standard InChI is InChI=1S/C19H19F3N2O/c1-12(23)18(25)24-9-8-14-2-3-15(10-16(14)11-24)13-4-6-17(7-5-13)19(20,21)22/h2-7,10,12H,8-9,11,23H2,1H3/t12-/m1/s1. The van der Waals surface area contributed by atoms with Crippen LogP contribution in [0, 0.1) is 0 Å². The molecule has 0 saturated carbocycles. The number of hydrogen-bond donors (Lipinski definition) is 1.